The van der Waals surface area contributed by atoms with E-state index in [1.54, 1.807) is 0 Å². The smallest absolute Gasteiger partial charge is 0.403 e. The fourth-order valence-electron chi connectivity index (χ4n) is 0.810. The molecule has 0 heterocycles. The van der Waals surface area contributed by atoms with Crippen molar-refractivity contribution in [3.63, 3.8) is 0 Å². The van der Waals surface area contributed by atoms with Crippen molar-refractivity contribution in [1.82, 2.24) is 0 Å². The van der Waals surface area contributed by atoms with Gasteiger partial charge < -0.3 is 16.6 Å². The second kappa shape index (κ2) is 6.97. The topological polar surface area (TPSA) is 89.3 Å². The summed E-state index contributed by atoms with van der Waals surface area (Å²) in [5.41, 5.74) is 10.1. The highest BCUT2D eigenvalue weighted by Crippen LogP contribution is 2.22. The summed E-state index contributed by atoms with van der Waals surface area (Å²) in [7, 11) is 0. The van der Waals surface area contributed by atoms with E-state index in [0.717, 1.165) is 0 Å². The van der Waals surface area contributed by atoms with Crippen molar-refractivity contribution in [1.29, 1.82) is 0 Å². The van der Waals surface area contributed by atoms with Gasteiger partial charge in [-0.2, -0.15) is 24.9 Å². The number of halogens is 3. The lowest BCUT2D eigenvalue weighted by molar-refractivity contribution is -0.147. The number of hydrogen-bond acceptors (Lipinski definition) is 4. The molecule has 0 radical (unpaired) electrons. The summed E-state index contributed by atoms with van der Waals surface area (Å²) >= 11 is 1.22. The van der Waals surface area contributed by atoms with Crippen LogP contribution in [0, 0.1) is 0 Å². The Kier molecular flexibility index (Phi) is 6.77. The molecule has 4 nitrogen and oxygen atoms in total. The summed E-state index contributed by atoms with van der Waals surface area (Å²) in [5, 5.41) is 8.43. The van der Waals surface area contributed by atoms with Gasteiger partial charge in [0.1, 0.15) is 12.1 Å². The Morgan fingerprint density at radius 3 is 2.19 bits per heavy atom. The first-order valence-corrected chi connectivity index (χ1v) is 5.79. The number of aliphatic carboxylic acids is 1. The van der Waals surface area contributed by atoms with Crippen molar-refractivity contribution in [2.75, 3.05) is 11.5 Å². The van der Waals surface area contributed by atoms with Gasteiger partial charge in [0, 0.05) is 0 Å². The van der Waals surface area contributed by atoms with E-state index in [9.17, 15) is 18.0 Å². The van der Waals surface area contributed by atoms with E-state index in [-0.39, 0.29) is 18.6 Å². The molecule has 0 aromatic rings. The molecule has 0 aromatic heterocycles. The van der Waals surface area contributed by atoms with Gasteiger partial charge in [0.05, 0.1) is 0 Å². The largest absolute Gasteiger partial charge is 0.480 e. The number of nitrogens with two attached hydrogens (primary N) is 2. The van der Waals surface area contributed by atoms with Crippen LogP contribution in [-0.2, 0) is 4.79 Å². The molecule has 0 amide bonds. The Hall–Kier alpha value is -0.470. The third kappa shape index (κ3) is 6.91. The molecule has 0 aliphatic heterocycles. The van der Waals surface area contributed by atoms with E-state index >= 15 is 0 Å². The molecule has 5 N–H and O–H groups in total. The van der Waals surface area contributed by atoms with Crippen LogP contribution in [0.15, 0.2) is 0 Å². The first-order chi connectivity index (χ1) is 7.25. The Balaban J connectivity index is 3.51. The molecule has 0 spiro atoms. The molecule has 8 heteroatoms. The molecule has 0 aliphatic carbocycles. The molecular formula is C8H15F3N2O2S. The fourth-order valence-corrected chi connectivity index (χ4v) is 1.86. The molecule has 0 fully saturated rings. The maximum Gasteiger partial charge on any atom is 0.403 e. The predicted octanol–water partition coefficient (Wildman–Crippen LogP) is 0.801. The molecule has 0 rings (SSSR count). The van der Waals surface area contributed by atoms with Crippen molar-refractivity contribution < 1.29 is 23.1 Å². The second-order valence-corrected chi connectivity index (χ2v) is 4.51. The van der Waals surface area contributed by atoms with Crippen molar-refractivity contribution in [2.45, 2.75) is 31.1 Å². The summed E-state index contributed by atoms with van der Waals surface area (Å²) in [6.45, 7) is 0. The summed E-state index contributed by atoms with van der Waals surface area (Å²) in [5.74, 6) is -0.446. The lowest BCUT2D eigenvalue weighted by Gasteiger charge is -2.14. The normalized spacial score (nSPS) is 15.8. The van der Waals surface area contributed by atoms with Crippen molar-refractivity contribution in [3.05, 3.63) is 0 Å². The van der Waals surface area contributed by atoms with E-state index in [0.29, 0.717) is 5.75 Å². The molecule has 96 valence electrons. The predicted molar refractivity (Wildman–Crippen MR) is 56.2 cm³/mol. The lowest BCUT2D eigenvalue weighted by atomic mass is 10.2. The molecule has 16 heavy (non-hydrogen) atoms. The molecule has 2 atom stereocenters. The van der Waals surface area contributed by atoms with Gasteiger partial charge in [0.15, 0.2) is 0 Å². The first kappa shape index (κ1) is 15.5. The number of rotatable bonds is 7. The van der Waals surface area contributed by atoms with Gasteiger partial charge in [-0.25, -0.2) is 0 Å². The maximum atomic E-state index is 12.0. The number of hydrogen-bond donors (Lipinski definition) is 3. The zero-order valence-corrected chi connectivity index (χ0v) is 9.35. The van der Waals surface area contributed by atoms with E-state index in [4.69, 9.17) is 16.6 Å². The second-order valence-electron chi connectivity index (χ2n) is 3.28. The zero-order chi connectivity index (χ0) is 12.8. The molecular weight excluding hydrogens is 245 g/mol. The minimum Gasteiger partial charge on any atom is -0.480 e. The van der Waals surface area contributed by atoms with E-state index in [1.807, 2.05) is 0 Å². The summed E-state index contributed by atoms with van der Waals surface area (Å²) in [6, 6.07) is -2.77. The van der Waals surface area contributed by atoms with Crippen LogP contribution in [0.3, 0.4) is 0 Å². The number of carboxylic acid groups (broad SMARTS) is 1. The Morgan fingerprint density at radius 1 is 1.25 bits per heavy atom. The number of carboxylic acids is 1. The molecule has 0 aromatic carbocycles. The van der Waals surface area contributed by atoms with Crippen LogP contribution in [0.5, 0.6) is 0 Å². The summed E-state index contributed by atoms with van der Waals surface area (Å²) in [4.78, 5) is 10.3. The van der Waals surface area contributed by atoms with Crippen LogP contribution in [-0.4, -0.2) is 40.8 Å². The fraction of sp³-hybridized carbons (Fsp3) is 0.875. The zero-order valence-electron chi connectivity index (χ0n) is 8.54. The van der Waals surface area contributed by atoms with Gasteiger partial charge in [-0.15, -0.1) is 0 Å². The van der Waals surface area contributed by atoms with Crippen LogP contribution in [0.4, 0.5) is 13.2 Å². The minimum absolute atomic E-state index is 0.170. The summed E-state index contributed by atoms with van der Waals surface area (Å²) in [6.07, 6.45) is -4.30. The third-order valence-corrected chi connectivity index (χ3v) is 2.93. The van der Waals surface area contributed by atoms with Crippen LogP contribution >= 0.6 is 11.8 Å². The molecule has 0 saturated carbocycles. The van der Waals surface area contributed by atoms with Crippen LogP contribution in [0.2, 0.25) is 0 Å². The van der Waals surface area contributed by atoms with Crippen molar-refractivity contribution in [2.24, 2.45) is 11.5 Å². The molecule has 0 aliphatic rings. The standard InChI is InChI=1S/C8H15F3N2O2S/c9-8(10,11)6(13)2-4-16-3-1-5(12)7(14)15/h5-6H,1-4,12-13H2,(H,14,15). The van der Waals surface area contributed by atoms with E-state index in [2.05, 4.69) is 0 Å². The third-order valence-electron chi connectivity index (χ3n) is 1.88. The quantitative estimate of drug-likeness (QED) is 0.589. The van der Waals surface area contributed by atoms with E-state index in [1.165, 1.54) is 11.8 Å². The molecule has 0 bridgehead atoms. The molecule has 2 unspecified atom stereocenters. The average Bonchev–Trinajstić information content (AvgIpc) is 2.14. The van der Waals surface area contributed by atoms with Gasteiger partial charge in [-0.3, -0.25) is 4.79 Å². The van der Waals surface area contributed by atoms with Gasteiger partial charge >= 0.3 is 12.1 Å². The Morgan fingerprint density at radius 2 is 1.75 bits per heavy atom. The lowest BCUT2D eigenvalue weighted by Crippen LogP contribution is -2.37. The monoisotopic (exact) mass is 260 g/mol. The van der Waals surface area contributed by atoms with Crippen molar-refractivity contribution in [3.8, 4) is 0 Å². The Labute approximate surface area is 95.5 Å². The number of thioether (sulfide) groups is 1. The van der Waals surface area contributed by atoms with E-state index < -0.39 is 24.2 Å². The van der Waals surface area contributed by atoms with Gasteiger partial charge in [-0.1, -0.05) is 0 Å². The van der Waals surface area contributed by atoms with Crippen molar-refractivity contribution >= 4 is 17.7 Å². The number of carbonyl (C=O) groups is 1. The average molecular weight is 260 g/mol. The highest BCUT2D eigenvalue weighted by molar-refractivity contribution is 7.99. The Bertz CT molecular complexity index is 226. The van der Waals surface area contributed by atoms with Gasteiger partial charge in [-0.05, 0) is 24.3 Å². The van der Waals surface area contributed by atoms with Crippen LogP contribution in [0.25, 0.3) is 0 Å². The first-order valence-electron chi connectivity index (χ1n) is 4.63. The van der Waals surface area contributed by atoms with Gasteiger partial charge in [0.25, 0.3) is 0 Å². The summed E-state index contributed by atoms with van der Waals surface area (Å²) < 4.78 is 35.9. The highest BCUT2D eigenvalue weighted by Gasteiger charge is 2.35. The van der Waals surface area contributed by atoms with Crippen LogP contribution < -0.4 is 11.5 Å². The minimum atomic E-state index is -4.36. The van der Waals surface area contributed by atoms with Crippen LogP contribution in [0.1, 0.15) is 12.8 Å². The van der Waals surface area contributed by atoms with Gasteiger partial charge in [0.2, 0.25) is 0 Å². The SMILES string of the molecule is NC(CCSCCC(N)C(F)(F)F)C(=O)O. The maximum absolute atomic E-state index is 12.0. The molecule has 0 saturated heterocycles. The number of alkyl halides is 3. The highest BCUT2D eigenvalue weighted by atomic mass is 32.2.